The fourth-order valence-corrected chi connectivity index (χ4v) is 2.65. The number of pyridine rings is 2. The van der Waals surface area contributed by atoms with E-state index in [4.69, 9.17) is 9.47 Å². The van der Waals surface area contributed by atoms with E-state index < -0.39 is 11.8 Å². The number of esters is 1. The predicted octanol–water partition coefficient (Wildman–Crippen LogP) is 3.79. The summed E-state index contributed by atoms with van der Waals surface area (Å²) in [7, 11) is 0. The quantitative estimate of drug-likeness (QED) is 0.565. The molecule has 0 radical (unpaired) electrons. The van der Waals surface area contributed by atoms with E-state index in [1.165, 1.54) is 18.3 Å². The van der Waals surface area contributed by atoms with Crippen molar-refractivity contribution in [3.8, 4) is 11.5 Å². The van der Waals surface area contributed by atoms with Crippen molar-refractivity contribution >= 4 is 28.2 Å². The molecule has 3 heterocycles. The minimum absolute atomic E-state index is 0.237. The van der Waals surface area contributed by atoms with Gasteiger partial charge in [0.2, 0.25) is 0 Å². The number of ether oxygens (including phenoxy) is 2. The van der Waals surface area contributed by atoms with E-state index >= 15 is 0 Å². The highest BCUT2D eigenvalue weighted by atomic mass is 19.1. The van der Waals surface area contributed by atoms with Crippen LogP contribution in [0.4, 0.5) is 15.8 Å². The van der Waals surface area contributed by atoms with Crippen LogP contribution in [0.25, 0.3) is 10.9 Å². The summed E-state index contributed by atoms with van der Waals surface area (Å²) in [5, 5.41) is 3.66. The fraction of sp³-hybridized carbons (Fsp3) is 0.118. The standard InChI is InChI=1S/C17H12FN3O3/c1-2-23-17(22)10-7-20-11-5-9(18)6-14-15(11)16(10)21-12-8-19-4-3-13(12)24-14/h3-8,21H,2H2,1H3. The van der Waals surface area contributed by atoms with Crippen LogP contribution in [-0.2, 0) is 4.74 Å². The third-order valence-electron chi connectivity index (χ3n) is 3.65. The van der Waals surface area contributed by atoms with Gasteiger partial charge in [0.25, 0.3) is 0 Å². The molecule has 120 valence electrons. The fourth-order valence-electron chi connectivity index (χ4n) is 2.65. The zero-order valence-corrected chi connectivity index (χ0v) is 12.7. The van der Waals surface area contributed by atoms with Crippen molar-refractivity contribution in [2.75, 3.05) is 11.9 Å². The smallest absolute Gasteiger partial charge is 0.341 e. The summed E-state index contributed by atoms with van der Waals surface area (Å²) in [6, 6.07) is 4.21. The normalized spacial score (nSPS) is 11.9. The summed E-state index contributed by atoms with van der Waals surface area (Å²) < 4.78 is 24.8. The zero-order valence-electron chi connectivity index (χ0n) is 12.7. The average Bonchev–Trinajstić information content (AvgIpc) is 2.72. The van der Waals surface area contributed by atoms with E-state index in [1.807, 2.05) is 0 Å². The molecule has 0 atom stereocenters. The molecule has 0 spiro atoms. The lowest BCUT2D eigenvalue weighted by Crippen LogP contribution is -2.09. The third-order valence-corrected chi connectivity index (χ3v) is 3.65. The molecule has 0 bridgehead atoms. The van der Waals surface area contributed by atoms with Crippen molar-refractivity contribution in [2.24, 2.45) is 0 Å². The summed E-state index contributed by atoms with van der Waals surface area (Å²) >= 11 is 0. The van der Waals surface area contributed by atoms with Crippen LogP contribution >= 0.6 is 0 Å². The molecule has 0 saturated heterocycles. The van der Waals surface area contributed by atoms with E-state index in [2.05, 4.69) is 15.3 Å². The highest BCUT2D eigenvalue weighted by molar-refractivity contribution is 6.09. The monoisotopic (exact) mass is 325 g/mol. The van der Waals surface area contributed by atoms with Crippen LogP contribution in [0.15, 0.2) is 36.8 Å². The van der Waals surface area contributed by atoms with Crippen molar-refractivity contribution in [3.63, 3.8) is 0 Å². The van der Waals surface area contributed by atoms with Crippen LogP contribution in [-0.4, -0.2) is 22.5 Å². The number of anilines is 2. The number of rotatable bonds is 2. The van der Waals surface area contributed by atoms with Gasteiger partial charge in [-0.1, -0.05) is 0 Å². The Hall–Kier alpha value is -3.22. The molecular weight excluding hydrogens is 313 g/mol. The Kier molecular flexibility index (Phi) is 3.26. The maximum atomic E-state index is 13.9. The van der Waals surface area contributed by atoms with Crippen LogP contribution < -0.4 is 10.1 Å². The maximum Gasteiger partial charge on any atom is 0.341 e. The molecule has 0 unspecified atom stereocenters. The summed E-state index contributed by atoms with van der Waals surface area (Å²) in [6.45, 7) is 1.96. The second-order valence-corrected chi connectivity index (χ2v) is 5.16. The Morgan fingerprint density at radius 3 is 3.04 bits per heavy atom. The van der Waals surface area contributed by atoms with Crippen molar-refractivity contribution in [2.45, 2.75) is 6.92 Å². The summed E-state index contributed by atoms with van der Waals surface area (Å²) in [6.07, 6.45) is 4.50. The lowest BCUT2D eigenvalue weighted by atomic mass is 10.1. The lowest BCUT2D eigenvalue weighted by Gasteiger charge is -2.12. The van der Waals surface area contributed by atoms with Crippen molar-refractivity contribution in [1.82, 2.24) is 9.97 Å². The van der Waals surface area contributed by atoms with Gasteiger partial charge in [0.15, 0.2) is 5.75 Å². The average molecular weight is 325 g/mol. The number of nitrogens with one attached hydrogen (secondary N) is 1. The van der Waals surface area contributed by atoms with Gasteiger partial charge in [0, 0.05) is 30.6 Å². The molecule has 0 amide bonds. The highest BCUT2D eigenvalue weighted by Gasteiger charge is 2.24. The van der Waals surface area contributed by atoms with Crippen molar-refractivity contribution in [1.29, 1.82) is 0 Å². The van der Waals surface area contributed by atoms with E-state index in [9.17, 15) is 9.18 Å². The number of halogens is 1. The summed E-state index contributed by atoms with van der Waals surface area (Å²) in [5.41, 5.74) is 1.64. The van der Waals surface area contributed by atoms with Gasteiger partial charge in [-0.15, -0.1) is 0 Å². The third kappa shape index (κ3) is 2.21. The van der Waals surface area contributed by atoms with Gasteiger partial charge in [-0.2, -0.15) is 0 Å². The zero-order chi connectivity index (χ0) is 16.7. The van der Waals surface area contributed by atoms with Crippen LogP contribution in [0.3, 0.4) is 0 Å². The van der Waals surface area contributed by atoms with Crippen LogP contribution in [0.1, 0.15) is 17.3 Å². The van der Waals surface area contributed by atoms with E-state index in [-0.39, 0.29) is 17.9 Å². The van der Waals surface area contributed by atoms with E-state index in [0.717, 1.165) is 0 Å². The molecule has 4 rings (SSSR count). The molecule has 3 aromatic rings. The molecule has 1 N–H and O–H groups in total. The number of benzene rings is 1. The first-order valence-electron chi connectivity index (χ1n) is 7.35. The molecule has 2 aromatic heterocycles. The molecular formula is C17H12FN3O3. The Morgan fingerprint density at radius 2 is 2.21 bits per heavy atom. The molecule has 1 aliphatic heterocycles. The number of hydrogen-bond donors (Lipinski definition) is 1. The van der Waals surface area contributed by atoms with Crippen LogP contribution in [0.2, 0.25) is 0 Å². The number of hydrogen-bond acceptors (Lipinski definition) is 6. The molecule has 0 fully saturated rings. The Balaban J connectivity index is 2.03. The van der Waals surface area contributed by atoms with Gasteiger partial charge >= 0.3 is 5.97 Å². The topological polar surface area (TPSA) is 73.3 Å². The largest absolute Gasteiger partial charge is 0.462 e. The second kappa shape index (κ2) is 5.45. The SMILES string of the molecule is CCOC(=O)c1cnc2cc(F)cc3c2c1Nc1cnccc1O3. The van der Waals surface area contributed by atoms with E-state index in [1.54, 1.807) is 25.4 Å². The first kappa shape index (κ1) is 14.4. The lowest BCUT2D eigenvalue weighted by molar-refractivity contribution is 0.0527. The minimum Gasteiger partial charge on any atom is -0.462 e. The van der Waals surface area contributed by atoms with E-state index in [0.29, 0.717) is 28.0 Å². The maximum absolute atomic E-state index is 13.9. The number of fused-ring (bicyclic) bond motifs is 1. The second-order valence-electron chi connectivity index (χ2n) is 5.16. The first-order valence-corrected chi connectivity index (χ1v) is 7.35. The molecule has 6 nitrogen and oxygen atoms in total. The molecule has 7 heteroatoms. The van der Waals surface area contributed by atoms with Gasteiger partial charge in [-0.05, 0) is 6.92 Å². The molecule has 1 aromatic carbocycles. The highest BCUT2D eigenvalue weighted by Crippen LogP contribution is 2.44. The van der Waals surface area contributed by atoms with Gasteiger partial charge in [-0.25, -0.2) is 9.18 Å². The number of carbonyl (C=O) groups is 1. The number of nitrogens with zero attached hydrogens (tertiary/aromatic N) is 2. The molecule has 24 heavy (non-hydrogen) atoms. The molecule has 1 aliphatic rings. The molecule has 0 aliphatic carbocycles. The minimum atomic E-state index is -0.517. The van der Waals surface area contributed by atoms with Gasteiger partial charge < -0.3 is 14.8 Å². The van der Waals surface area contributed by atoms with Crippen molar-refractivity contribution in [3.05, 3.63) is 48.2 Å². The van der Waals surface area contributed by atoms with Gasteiger partial charge in [-0.3, -0.25) is 9.97 Å². The number of aromatic nitrogens is 2. The van der Waals surface area contributed by atoms with Crippen molar-refractivity contribution < 1.29 is 18.7 Å². The van der Waals surface area contributed by atoms with Gasteiger partial charge in [0.1, 0.15) is 22.8 Å². The van der Waals surface area contributed by atoms with Crippen LogP contribution in [0.5, 0.6) is 11.5 Å². The van der Waals surface area contributed by atoms with Crippen LogP contribution in [0, 0.1) is 5.82 Å². The summed E-state index contributed by atoms with van der Waals surface area (Å²) in [5.74, 6) is -0.242. The Labute approximate surface area is 136 Å². The Bertz CT molecular complexity index is 975. The predicted molar refractivity (Wildman–Crippen MR) is 85.3 cm³/mol. The summed E-state index contributed by atoms with van der Waals surface area (Å²) in [4.78, 5) is 20.5. The molecule has 0 saturated carbocycles. The Morgan fingerprint density at radius 1 is 1.33 bits per heavy atom. The first-order chi connectivity index (χ1) is 11.7. The number of carbonyl (C=O) groups excluding carboxylic acids is 1. The van der Waals surface area contributed by atoms with Gasteiger partial charge in [0.05, 0.1) is 29.4 Å².